The lowest BCUT2D eigenvalue weighted by atomic mass is 9.97. The molecule has 2 aliphatic rings. The molecule has 1 heterocycles. The van der Waals surface area contributed by atoms with E-state index in [4.69, 9.17) is 4.74 Å². The van der Waals surface area contributed by atoms with Gasteiger partial charge in [-0.3, -0.25) is 4.99 Å². The van der Waals surface area contributed by atoms with Crippen LogP contribution in [0.5, 0.6) is 0 Å². The summed E-state index contributed by atoms with van der Waals surface area (Å²) in [6, 6.07) is 0. The van der Waals surface area contributed by atoms with Crippen molar-refractivity contribution in [3.63, 3.8) is 0 Å². The third kappa shape index (κ3) is 5.51. The van der Waals surface area contributed by atoms with E-state index in [0.717, 1.165) is 51.5 Å². The SMILES string of the molecule is CN=C(NCCC1=CCCCC1)NCC1(SC)CCOCC1. The van der Waals surface area contributed by atoms with E-state index in [-0.39, 0.29) is 0 Å². The Bertz CT molecular complexity index is 389. The van der Waals surface area contributed by atoms with Crippen molar-refractivity contribution < 1.29 is 4.74 Å². The Hall–Kier alpha value is -0.680. The molecule has 0 saturated carbocycles. The first-order valence-corrected chi connectivity index (χ1v) is 9.76. The Morgan fingerprint density at radius 1 is 1.32 bits per heavy atom. The van der Waals surface area contributed by atoms with Gasteiger partial charge in [0.1, 0.15) is 0 Å². The lowest BCUT2D eigenvalue weighted by Gasteiger charge is -2.36. The van der Waals surface area contributed by atoms with Crippen molar-refractivity contribution in [3.8, 4) is 0 Å². The van der Waals surface area contributed by atoms with Crippen molar-refractivity contribution in [3.05, 3.63) is 11.6 Å². The second kappa shape index (κ2) is 9.46. The molecule has 0 amide bonds. The fraction of sp³-hybridized carbons (Fsp3) is 0.824. The highest BCUT2D eigenvalue weighted by molar-refractivity contribution is 8.00. The summed E-state index contributed by atoms with van der Waals surface area (Å²) in [6.45, 7) is 3.69. The van der Waals surface area contributed by atoms with Crippen LogP contribution in [0.4, 0.5) is 0 Å². The van der Waals surface area contributed by atoms with Crippen LogP contribution in [0.2, 0.25) is 0 Å². The average Bonchev–Trinajstić information content (AvgIpc) is 2.59. The van der Waals surface area contributed by atoms with Crippen LogP contribution in [0.1, 0.15) is 44.9 Å². The van der Waals surface area contributed by atoms with Crippen LogP contribution in [0.15, 0.2) is 16.6 Å². The molecule has 0 spiro atoms. The molecule has 5 heteroatoms. The summed E-state index contributed by atoms with van der Waals surface area (Å²) in [7, 11) is 1.85. The van der Waals surface area contributed by atoms with E-state index in [1.54, 1.807) is 5.57 Å². The van der Waals surface area contributed by atoms with Crippen LogP contribution in [0, 0.1) is 0 Å². The summed E-state index contributed by atoms with van der Waals surface area (Å²) in [6.07, 6.45) is 13.3. The van der Waals surface area contributed by atoms with E-state index < -0.39 is 0 Å². The summed E-state index contributed by atoms with van der Waals surface area (Å²) in [4.78, 5) is 4.35. The average molecular weight is 326 g/mol. The highest BCUT2D eigenvalue weighted by atomic mass is 32.2. The lowest BCUT2D eigenvalue weighted by molar-refractivity contribution is 0.0783. The Labute approximate surface area is 139 Å². The van der Waals surface area contributed by atoms with Gasteiger partial charge in [-0.2, -0.15) is 11.8 Å². The molecule has 2 N–H and O–H groups in total. The molecule has 126 valence electrons. The molecule has 0 aromatic rings. The molecule has 0 bridgehead atoms. The quantitative estimate of drug-likeness (QED) is 0.448. The van der Waals surface area contributed by atoms with Gasteiger partial charge >= 0.3 is 0 Å². The van der Waals surface area contributed by atoms with Crippen molar-refractivity contribution in [1.29, 1.82) is 0 Å². The van der Waals surface area contributed by atoms with Gasteiger partial charge < -0.3 is 15.4 Å². The van der Waals surface area contributed by atoms with Gasteiger partial charge in [0.15, 0.2) is 5.96 Å². The Morgan fingerprint density at radius 2 is 2.14 bits per heavy atom. The molecular weight excluding hydrogens is 294 g/mol. The zero-order chi connectivity index (χ0) is 15.7. The van der Waals surface area contributed by atoms with E-state index in [2.05, 4.69) is 28.0 Å². The van der Waals surface area contributed by atoms with E-state index in [0.29, 0.717) is 4.75 Å². The van der Waals surface area contributed by atoms with Gasteiger partial charge in [-0.1, -0.05) is 11.6 Å². The van der Waals surface area contributed by atoms with Crippen molar-refractivity contribution >= 4 is 17.7 Å². The number of rotatable bonds is 6. The van der Waals surface area contributed by atoms with Crippen molar-refractivity contribution in [2.75, 3.05) is 39.6 Å². The van der Waals surface area contributed by atoms with Crippen LogP contribution < -0.4 is 10.6 Å². The van der Waals surface area contributed by atoms with Gasteiger partial charge in [-0.15, -0.1) is 0 Å². The first kappa shape index (κ1) is 17.7. The second-order valence-electron chi connectivity index (χ2n) is 6.21. The molecule has 0 aromatic carbocycles. The fourth-order valence-corrected chi connectivity index (χ4v) is 3.93. The number of hydrogen-bond donors (Lipinski definition) is 2. The van der Waals surface area contributed by atoms with Gasteiger partial charge in [0.2, 0.25) is 0 Å². The molecule has 1 aliphatic carbocycles. The van der Waals surface area contributed by atoms with E-state index in [1.807, 2.05) is 18.8 Å². The van der Waals surface area contributed by atoms with E-state index >= 15 is 0 Å². The zero-order valence-corrected chi connectivity index (χ0v) is 14.9. The molecule has 4 nitrogen and oxygen atoms in total. The van der Waals surface area contributed by atoms with Gasteiger partial charge in [0.25, 0.3) is 0 Å². The number of thioether (sulfide) groups is 1. The fourth-order valence-electron chi connectivity index (χ4n) is 3.14. The van der Waals surface area contributed by atoms with Gasteiger partial charge in [-0.25, -0.2) is 0 Å². The maximum Gasteiger partial charge on any atom is 0.191 e. The molecular formula is C17H31N3OS. The number of ether oxygens (including phenoxy) is 1. The van der Waals surface area contributed by atoms with E-state index in [1.165, 1.54) is 25.7 Å². The van der Waals surface area contributed by atoms with Crippen LogP contribution in [0.25, 0.3) is 0 Å². The highest BCUT2D eigenvalue weighted by Crippen LogP contribution is 2.32. The minimum atomic E-state index is 0.293. The largest absolute Gasteiger partial charge is 0.381 e. The van der Waals surface area contributed by atoms with E-state index in [9.17, 15) is 0 Å². The van der Waals surface area contributed by atoms with Gasteiger partial charge in [0, 0.05) is 38.1 Å². The maximum atomic E-state index is 5.50. The summed E-state index contributed by atoms with van der Waals surface area (Å²) in [5.74, 6) is 0.927. The molecule has 0 aromatic heterocycles. The normalized spacial score (nSPS) is 22.1. The standard InChI is InChI=1S/C17H31N3OS/c1-18-16(19-11-8-15-6-4-3-5-7-15)20-14-17(22-2)9-12-21-13-10-17/h6H,3-5,7-14H2,1-2H3,(H2,18,19,20). The van der Waals surface area contributed by atoms with Crippen LogP contribution in [-0.4, -0.2) is 50.3 Å². The third-order valence-corrected chi connectivity index (χ3v) is 6.18. The number of nitrogens with zero attached hydrogens (tertiary/aromatic N) is 1. The summed E-state index contributed by atoms with van der Waals surface area (Å²) in [5, 5.41) is 6.97. The topological polar surface area (TPSA) is 45.7 Å². The van der Waals surface area contributed by atoms with Crippen LogP contribution >= 0.6 is 11.8 Å². The first-order chi connectivity index (χ1) is 10.8. The van der Waals surface area contributed by atoms with Crippen molar-refractivity contribution in [2.45, 2.75) is 49.7 Å². The number of aliphatic imine (C=N–C) groups is 1. The molecule has 0 radical (unpaired) electrons. The smallest absolute Gasteiger partial charge is 0.191 e. The molecule has 1 saturated heterocycles. The summed E-state index contributed by atoms with van der Waals surface area (Å²) in [5.41, 5.74) is 1.61. The highest BCUT2D eigenvalue weighted by Gasteiger charge is 2.31. The molecule has 1 fully saturated rings. The third-order valence-electron chi connectivity index (χ3n) is 4.76. The van der Waals surface area contributed by atoms with Crippen LogP contribution in [0.3, 0.4) is 0 Å². The Balaban J connectivity index is 1.71. The van der Waals surface area contributed by atoms with Crippen molar-refractivity contribution in [2.24, 2.45) is 4.99 Å². The maximum absolute atomic E-state index is 5.50. The van der Waals surface area contributed by atoms with Crippen molar-refractivity contribution in [1.82, 2.24) is 10.6 Å². The second-order valence-corrected chi connectivity index (χ2v) is 7.48. The minimum absolute atomic E-state index is 0.293. The molecule has 2 rings (SSSR count). The van der Waals surface area contributed by atoms with Gasteiger partial charge in [-0.05, 0) is 51.2 Å². The number of allylic oxidation sites excluding steroid dienone is 1. The molecule has 22 heavy (non-hydrogen) atoms. The molecule has 0 atom stereocenters. The number of nitrogens with one attached hydrogen (secondary N) is 2. The van der Waals surface area contributed by atoms with Gasteiger partial charge in [0.05, 0.1) is 0 Å². The van der Waals surface area contributed by atoms with Crippen LogP contribution in [-0.2, 0) is 4.74 Å². The number of hydrogen-bond acceptors (Lipinski definition) is 3. The summed E-state index contributed by atoms with van der Waals surface area (Å²) >= 11 is 1.96. The first-order valence-electron chi connectivity index (χ1n) is 8.53. The monoisotopic (exact) mass is 325 g/mol. The lowest BCUT2D eigenvalue weighted by Crippen LogP contribution is -2.48. The Morgan fingerprint density at radius 3 is 2.77 bits per heavy atom. The molecule has 1 aliphatic heterocycles. The zero-order valence-electron chi connectivity index (χ0n) is 14.1. The number of guanidine groups is 1. The minimum Gasteiger partial charge on any atom is -0.381 e. The Kier molecular flexibility index (Phi) is 7.60. The predicted octanol–water partition coefficient (Wildman–Crippen LogP) is 2.95. The summed E-state index contributed by atoms with van der Waals surface area (Å²) < 4.78 is 5.79. The molecule has 0 unspecified atom stereocenters. The predicted molar refractivity (Wildman–Crippen MR) is 96.8 cm³/mol.